The molecule has 0 aliphatic carbocycles. The van der Waals surface area contributed by atoms with Crippen LogP contribution in [0.15, 0.2) is 42.5 Å². The van der Waals surface area contributed by atoms with Crippen molar-refractivity contribution >= 4 is 46.2 Å². The number of nitro groups is 1. The summed E-state index contributed by atoms with van der Waals surface area (Å²) in [5.41, 5.74) is 6.31. The molecule has 0 bridgehead atoms. The Morgan fingerprint density at radius 2 is 1.82 bits per heavy atom. The normalized spacial score (nSPS) is 16.6. The number of halogens is 1. The molecule has 0 spiro atoms. The summed E-state index contributed by atoms with van der Waals surface area (Å²) in [6, 6.07) is 12.8. The lowest BCUT2D eigenvalue weighted by atomic mass is 10.0. The van der Waals surface area contributed by atoms with Crippen molar-refractivity contribution in [3.05, 3.63) is 80.1 Å². The Kier molecular flexibility index (Phi) is 5.65. The standard InChI is InChI=1S/C26H25ClN4O3/c1-16-12-18(13-22-21-8-6-19(27)14-23(21)28-26(22)32)17(2)30(16)20-7-9-24(25(15-20)31(33)34)29-10-4-3-5-11-29/h6-9,12-15H,3-5,10-11H2,1-2H3,(H,28,32)/b22-13+. The number of hydrogen-bond donors (Lipinski definition) is 1. The Morgan fingerprint density at radius 1 is 1.06 bits per heavy atom. The van der Waals surface area contributed by atoms with Crippen LogP contribution >= 0.6 is 11.6 Å². The predicted octanol–water partition coefficient (Wildman–Crippen LogP) is 6.14. The third-order valence-corrected chi connectivity index (χ3v) is 6.88. The summed E-state index contributed by atoms with van der Waals surface area (Å²) < 4.78 is 2.00. The molecule has 2 aliphatic heterocycles. The summed E-state index contributed by atoms with van der Waals surface area (Å²) in [5.74, 6) is -0.177. The molecule has 3 aromatic rings. The van der Waals surface area contributed by atoms with Crippen molar-refractivity contribution in [2.45, 2.75) is 33.1 Å². The molecule has 2 aromatic carbocycles. The van der Waals surface area contributed by atoms with E-state index in [9.17, 15) is 14.9 Å². The molecular formula is C26H25ClN4O3. The molecular weight excluding hydrogens is 452 g/mol. The number of hydrogen-bond acceptors (Lipinski definition) is 4. The quantitative estimate of drug-likeness (QED) is 0.278. The van der Waals surface area contributed by atoms with Crippen molar-refractivity contribution in [2.24, 2.45) is 0 Å². The molecule has 174 valence electrons. The van der Waals surface area contributed by atoms with Crippen LogP contribution in [0.2, 0.25) is 5.02 Å². The van der Waals surface area contributed by atoms with Crippen LogP contribution in [0.25, 0.3) is 17.3 Å². The van der Waals surface area contributed by atoms with E-state index in [1.807, 2.05) is 48.8 Å². The minimum absolute atomic E-state index is 0.118. The molecule has 7 nitrogen and oxygen atoms in total. The number of anilines is 2. The number of aryl methyl sites for hydroxylation is 1. The van der Waals surface area contributed by atoms with Crippen molar-refractivity contribution in [3.63, 3.8) is 0 Å². The number of amides is 1. The number of nitrogens with zero attached hydrogens (tertiary/aromatic N) is 3. The number of piperidine rings is 1. The molecule has 1 aromatic heterocycles. The Labute approximate surface area is 202 Å². The number of aromatic nitrogens is 1. The Balaban J connectivity index is 1.55. The van der Waals surface area contributed by atoms with Crippen molar-refractivity contribution in [1.29, 1.82) is 0 Å². The summed E-state index contributed by atoms with van der Waals surface area (Å²) >= 11 is 6.07. The van der Waals surface area contributed by atoms with Crippen molar-refractivity contribution in [3.8, 4) is 5.69 Å². The van der Waals surface area contributed by atoms with E-state index in [-0.39, 0.29) is 16.5 Å². The predicted molar refractivity (Wildman–Crippen MR) is 136 cm³/mol. The molecule has 1 fully saturated rings. The second kappa shape index (κ2) is 8.65. The Bertz CT molecular complexity index is 1350. The van der Waals surface area contributed by atoms with Crippen LogP contribution in [0.5, 0.6) is 0 Å². The zero-order valence-corrected chi connectivity index (χ0v) is 19.9. The first-order chi connectivity index (χ1) is 16.3. The van der Waals surface area contributed by atoms with Crippen molar-refractivity contribution in [1.82, 2.24) is 4.57 Å². The third-order valence-electron chi connectivity index (χ3n) is 6.65. The topological polar surface area (TPSA) is 80.4 Å². The van der Waals surface area contributed by atoms with E-state index in [0.717, 1.165) is 60.6 Å². The molecule has 0 unspecified atom stereocenters. The van der Waals surface area contributed by atoms with Crippen LogP contribution in [0.4, 0.5) is 17.1 Å². The van der Waals surface area contributed by atoms with Gasteiger partial charge in [-0.2, -0.15) is 0 Å². The summed E-state index contributed by atoms with van der Waals surface area (Å²) in [6.07, 6.45) is 5.13. The van der Waals surface area contributed by atoms with E-state index in [1.165, 1.54) is 0 Å². The van der Waals surface area contributed by atoms with E-state index in [2.05, 4.69) is 10.2 Å². The number of carbonyl (C=O) groups excluding carboxylic acids is 1. The van der Waals surface area contributed by atoms with Gasteiger partial charge in [-0.1, -0.05) is 17.7 Å². The average Bonchev–Trinajstić information content (AvgIpc) is 3.28. The lowest BCUT2D eigenvalue weighted by Gasteiger charge is -2.28. The fraction of sp³-hybridized carbons (Fsp3) is 0.269. The van der Waals surface area contributed by atoms with Gasteiger partial charge in [0, 0.05) is 46.7 Å². The maximum absolute atomic E-state index is 12.6. The van der Waals surface area contributed by atoms with Gasteiger partial charge < -0.3 is 14.8 Å². The van der Waals surface area contributed by atoms with E-state index in [0.29, 0.717) is 22.0 Å². The van der Waals surface area contributed by atoms with Gasteiger partial charge in [0.15, 0.2) is 0 Å². The summed E-state index contributed by atoms with van der Waals surface area (Å²) in [6.45, 7) is 5.60. The molecule has 1 saturated heterocycles. The van der Waals surface area contributed by atoms with Crippen LogP contribution in [-0.4, -0.2) is 28.5 Å². The highest BCUT2D eigenvalue weighted by atomic mass is 35.5. The molecule has 34 heavy (non-hydrogen) atoms. The lowest BCUT2D eigenvalue weighted by molar-refractivity contribution is -0.384. The number of carbonyl (C=O) groups is 1. The van der Waals surface area contributed by atoms with Crippen molar-refractivity contribution < 1.29 is 9.72 Å². The Morgan fingerprint density at radius 3 is 2.56 bits per heavy atom. The number of rotatable bonds is 4. The van der Waals surface area contributed by atoms with Gasteiger partial charge in [0.25, 0.3) is 11.6 Å². The largest absolute Gasteiger partial charge is 0.366 e. The highest BCUT2D eigenvalue weighted by molar-refractivity contribution is 6.36. The molecule has 0 saturated carbocycles. The SMILES string of the molecule is Cc1cc(/C=C2/C(=O)Nc3cc(Cl)ccc32)c(C)n1-c1ccc(N2CCCCC2)c([N+](=O)[O-])c1. The first-order valence-electron chi connectivity index (χ1n) is 11.4. The summed E-state index contributed by atoms with van der Waals surface area (Å²) in [4.78, 5) is 26.4. The molecule has 2 aliphatic rings. The van der Waals surface area contributed by atoms with Crippen LogP contribution in [0, 0.1) is 24.0 Å². The second-order valence-electron chi connectivity index (χ2n) is 8.84. The first kappa shape index (κ1) is 22.2. The van der Waals surface area contributed by atoms with Gasteiger partial charge >= 0.3 is 0 Å². The highest BCUT2D eigenvalue weighted by Crippen LogP contribution is 2.37. The highest BCUT2D eigenvalue weighted by Gasteiger charge is 2.26. The van der Waals surface area contributed by atoms with Gasteiger partial charge in [-0.3, -0.25) is 14.9 Å². The van der Waals surface area contributed by atoms with Gasteiger partial charge in [0.05, 0.1) is 16.3 Å². The van der Waals surface area contributed by atoms with Gasteiger partial charge in [0.2, 0.25) is 0 Å². The first-order valence-corrected chi connectivity index (χ1v) is 11.8. The van der Waals surface area contributed by atoms with Crippen LogP contribution < -0.4 is 10.2 Å². The number of fused-ring (bicyclic) bond motifs is 1. The number of nitro benzene ring substituents is 1. The van der Waals surface area contributed by atoms with Gasteiger partial charge in [-0.05, 0) is 75.1 Å². The van der Waals surface area contributed by atoms with E-state index >= 15 is 0 Å². The zero-order valence-electron chi connectivity index (χ0n) is 19.1. The fourth-order valence-electron chi connectivity index (χ4n) is 5.00. The monoisotopic (exact) mass is 476 g/mol. The summed E-state index contributed by atoms with van der Waals surface area (Å²) in [5, 5.41) is 15.4. The zero-order chi connectivity index (χ0) is 24.0. The van der Waals surface area contributed by atoms with E-state index < -0.39 is 0 Å². The van der Waals surface area contributed by atoms with Gasteiger partial charge in [-0.15, -0.1) is 0 Å². The third kappa shape index (κ3) is 3.86. The molecule has 0 radical (unpaired) electrons. The molecule has 1 N–H and O–H groups in total. The fourth-order valence-corrected chi connectivity index (χ4v) is 5.17. The maximum Gasteiger partial charge on any atom is 0.294 e. The molecule has 3 heterocycles. The second-order valence-corrected chi connectivity index (χ2v) is 9.28. The van der Waals surface area contributed by atoms with Crippen LogP contribution in [0.1, 0.15) is 41.8 Å². The molecule has 0 atom stereocenters. The number of benzene rings is 2. The average molecular weight is 477 g/mol. The smallest absolute Gasteiger partial charge is 0.294 e. The van der Waals surface area contributed by atoms with Crippen LogP contribution in [0.3, 0.4) is 0 Å². The Hall–Kier alpha value is -3.58. The minimum atomic E-state index is -0.296. The molecule has 1 amide bonds. The minimum Gasteiger partial charge on any atom is -0.366 e. The van der Waals surface area contributed by atoms with E-state index in [4.69, 9.17) is 11.6 Å². The van der Waals surface area contributed by atoms with E-state index in [1.54, 1.807) is 18.2 Å². The van der Waals surface area contributed by atoms with Gasteiger partial charge in [0.1, 0.15) is 5.69 Å². The van der Waals surface area contributed by atoms with Crippen LogP contribution in [-0.2, 0) is 4.79 Å². The lowest BCUT2D eigenvalue weighted by Crippen LogP contribution is -2.30. The molecule has 8 heteroatoms. The maximum atomic E-state index is 12.6. The van der Waals surface area contributed by atoms with Crippen molar-refractivity contribution in [2.75, 3.05) is 23.3 Å². The summed E-state index contributed by atoms with van der Waals surface area (Å²) in [7, 11) is 0. The number of nitrogens with one attached hydrogen (secondary N) is 1. The molecule has 5 rings (SSSR count). The van der Waals surface area contributed by atoms with Gasteiger partial charge in [-0.25, -0.2) is 0 Å².